The van der Waals surface area contributed by atoms with Gasteiger partial charge in [-0.25, -0.2) is 4.39 Å². The van der Waals surface area contributed by atoms with Crippen LogP contribution in [0, 0.1) is 0 Å². The van der Waals surface area contributed by atoms with Gasteiger partial charge >= 0.3 is 0 Å². The van der Waals surface area contributed by atoms with Gasteiger partial charge in [-0.05, 0) is 12.8 Å². The second-order valence-electron chi connectivity index (χ2n) is 3.35. The highest BCUT2D eigenvalue weighted by molar-refractivity contribution is 7.86. The average molecular weight is 210 g/mol. The largest absolute Gasteiger partial charge is 0.281 e. The molecule has 0 spiro atoms. The van der Waals surface area contributed by atoms with Crippen molar-refractivity contribution in [3.63, 3.8) is 0 Å². The van der Waals surface area contributed by atoms with Crippen LogP contribution < -0.4 is 0 Å². The number of halogens is 1. The number of hydrogen-bond acceptors (Lipinski definition) is 2. The van der Waals surface area contributed by atoms with E-state index in [0.29, 0.717) is 13.0 Å². The minimum atomic E-state index is -3.41. The molecule has 1 aliphatic rings. The van der Waals surface area contributed by atoms with Gasteiger partial charge in [0, 0.05) is 20.6 Å². The van der Waals surface area contributed by atoms with E-state index in [1.54, 1.807) is 0 Å². The van der Waals surface area contributed by atoms with Gasteiger partial charge in [0.15, 0.2) is 0 Å². The highest BCUT2D eigenvalue weighted by Gasteiger charge is 2.35. The van der Waals surface area contributed by atoms with Gasteiger partial charge in [-0.15, -0.1) is 0 Å². The first kappa shape index (κ1) is 10.9. The van der Waals surface area contributed by atoms with E-state index >= 15 is 0 Å². The predicted molar refractivity (Wildman–Crippen MR) is 48.3 cm³/mol. The molecule has 0 aromatic rings. The SMILES string of the molecule is CN(C)S(=O)(=O)N1CCCC1CF. The molecule has 0 saturated carbocycles. The summed E-state index contributed by atoms with van der Waals surface area (Å²) < 4.78 is 38.0. The molecule has 1 saturated heterocycles. The van der Waals surface area contributed by atoms with Crippen molar-refractivity contribution in [3.8, 4) is 0 Å². The summed E-state index contributed by atoms with van der Waals surface area (Å²) in [6.07, 6.45) is 1.38. The zero-order valence-corrected chi connectivity index (χ0v) is 8.72. The second kappa shape index (κ2) is 3.89. The standard InChI is InChI=1S/C7H15FN2O2S/c1-9(2)13(11,12)10-5-3-4-7(10)6-8/h7H,3-6H2,1-2H3. The zero-order chi connectivity index (χ0) is 10.1. The first-order valence-electron chi connectivity index (χ1n) is 4.25. The summed E-state index contributed by atoms with van der Waals surface area (Å²) >= 11 is 0. The molecule has 0 aromatic heterocycles. The van der Waals surface area contributed by atoms with E-state index in [1.165, 1.54) is 18.4 Å². The van der Waals surface area contributed by atoms with Crippen LogP contribution in [0.5, 0.6) is 0 Å². The van der Waals surface area contributed by atoms with Crippen LogP contribution in [0.3, 0.4) is 0 Å². The fraction of sp³-hybridized carbons (Fsp3) is 1.00. The van der Waals surface area contributed by atoms with Crippen molar-refractivity contribution < 1.29 is 12.8 Å². The summed E-state index contributed by atoms with van der Waals surface area (Å²) in [5.41, 5.74) is 0. The Morgan fingerprint density at radius 1 is 1.54 bits per heavy atom. The maximum atomic E-state index is 12.4. The summed E-state index contributed by atoms with van der Waals surface area (Å²) in [5.74, 6) is 0. The Morgan fingerprint density at radius 3 is 2.62 bits per heavy atom. The van der Waals surface area contributed by atoms with Crippen LogP contribution in [0.1, 0.15) is 12.8 Å². The van der Waals surface area contributed by atoms with Crippen LogP contribution in [0.2, 0.25) is 0 Å². The minimum Gasteiger partial charge on any atom is -0.249 e. The van der Waals surface area contributed by atoms with Gasteiger partial charge < -0.3 is 0 Å². The van der Waals surface area contributed by atoms with Crippen molar-refractivity contribution in [1.29, 1.82) is 0 Å². The van der Waals surface area contributed by atoms with E-state index < -0.39 is 22.9 Å². The van der Waals surface area contributed by atoms with Crippen molar-refractivity contribution in [2.45, 2.75) is 18.9 Å². The Labute approximate surface area is 78.5 Å². The Kier molecular flexibility index (Phi) is 3.26. The molecule has 0 aliphatic carbocycles. The minimum absolute atomic E-state index is 0.440. The summed E-state index contributed by atoms with van der Waals surface area (Å²) in [5, 5.41) is 0. The molecule has 13 heavy (non-hydrogen) atoms. The van der Waals surface area contributed by atoms with Crippen LogP contribution in [-0.2, 0) is 10.2 Å². The Balaban J connectivity index is 2.82. The Hall–Kier alpha value is -0.200. The number of rotatable bonds is 3. The lowest BCUT2D eigenvalue weighted by atomic mass is 10.2. The molecule has 0 radical (unpaired) electrons. The van der Waals surface area contributed by atoms with Crippen molar-refractivity contribution in [2.75, 3.05) is 27.3 Å². The highest BCUT2D eigenvalue weighted by atomic mass is 32.2. The van der Waals surface area contributed by atoms with E-state index in [2.05, 4.69) is 0 Å². The van der Waals surface area contributed by atoms with Crippen molar-refractivity contribution in [3.05, 3.63) is 0 Å². The molecule has 1 unspecified atom stereocenters. The molecule has 0 N–H and O–H groups in total. The molecule has 6 heteroatoms. The van der Waals surface area contributed by atoms with Gasteiger partial charge in [-0.1, -0.05) is 0 Å². The van der Waals surface area contributed by atoms with E-state index in [4.69, 9.17) is 0 Å². The van der Waals surface area contributed by atoms with Crippen molar-refractivity contribution in [2.24, 2.45) is 0 Å². The quantitative estimate of drug-likeness (QED) is 0.669. The van der Waals surface area contributed by atoms with Gasteiger partial charge in [0.2, 0.25) is 0 Å². The topological polar surface area (TPSA) is 40.6 Å². The van der Waals surface area contributed by atoms with Gasteiger partial charge in [0.05, 0.1) is 6.04 Å². The van der Waals surface area contributed by atoms with Gasteiger partial charge in [0.1, 0.15) is 6.67 Å². The normalized spacial score (nSPS) is 25.7. The van der Waals surface area contributed by atoms with E-state index in [1.807, 2.05) is 0 Å². The number of hydrogen-bond donors (Lipinski definition) is 0. The summed E-state index contributed by atoms with van der Waals surface area (Å²) in [6.45, 7) is -0.151. The van der Waals surface area contributed by atoms with Crippen molar-refractivity contribution in [1.82, 2.24) is 8.61 Å². The average Bonchev–Trinajstić information content (AvgIpc) is 2.51. The lowest BCUT2D eigenvalue weighted by molar-refractivity contribution is 0.297. The van der Waals surface area contributed by atoms with E-state index in [9.17, 15) is 12.8 Å². The summed E-state index contributed by atoms with van der Waals surface area (Å²) in [4.78, 5) is 0. The molecule has 1 rings (SSSR count). The second-order valence-corrected chi connectivity index (χ2v) is 5.45. The van der Waals surface area contributed by atoms with Crippen molar-refractivity contribution >= 4 is 10.2 Å². The summed E-state index contributed by atoms with van der Waals surface area (Å²) in [7, 11) is -0.489. The Bertz CT molecular complexity index is 266. The fourth-order valence-electron chi connectivity index (χ4n) is 1.48. The summed E-state index contributed by atoms with van der Waals surface area (Å²) in [6, 6.07) is -0.451. The molecule has 0 bridgehead atoms. The lowest BCUT2D eigenvalue weighted by Crippen LogP contribution is -2.43. The first-order valence-corrected chi connectivity index (χ1v) is 5.65. The molecule has 0 aromatic carbocycles. The molecule has 1 aliphatic heterocycles. The van der Waals surface area contributed by atoms with Gasteiger partial charge in [-0.3, -0.25) is 0 Å². The molecule has 1 heterocycles. The molecule has 78 valence electrons. The smallest absolute Gasteiger partial charge is 0.249 e. The van der Waals surface area contributed by atoms with E-state index in [-0.39, 0.29) is 0 Å². The van der Waals surface area contributed by atoms with Crippen LogP contribution in [0.15, 0.2) is 0 Å². The third-order valence-corrected chi connectivity index (χ3v) is 4.26. The molecular weight excluding hydrogens is 195 g/mol. The lowest BCUT2D eigenvalue weighted by Gasteiger charge is -2.24. The zero-order valence-electron chi connectivity index (χ0n) is 7.90. The van der Waals surface area contributed by atoms with Crippen LogP contribution in [0.4, 0.5) is 4.39 Å². The molecule has 0 amide bonds. The maximum absolute atomic E-state index is 12.4. The fourth-order valence-corrected chi connectivity index (χ4v) is 2.79. The van der Waals surface area contributed by atoms with Gasteiger partial charge in [-0.2, -0.15) is 17.0 Å². The molecular formula is C7H15FN2O2S. The maximum Gasteiger partial charge on any atom is 0.281 e. The Morgan fingerprint density at radius 2 is 2.15 bits per heavy atom. The van der Waals surface area contributed by atoms with E-state index in [0.717, 1.165) is 10.7 Å². The first-order chi connectivity index (χ1) is 6.00. The number of alkyl halides is 1. The molecule has 1 atom stereocenters. The van der Waals surface area contributed by atoms with Crippen LogP contribution in [-0.4, -0.2) is 50.4 Å². The monoisotopic (exact) mass is 210 g/mol. The van der Waals surface area contributed by atoms with Gasteiger partial charge in [0.25, 0.3) is 10.2 Å². The van der Waals surface area contributed by atoms with Crippen LogP contribution >= 0.6 is 0 Å². The third kappa shape index (κ3) is 2.00. The predicted octanol–water partition coefficient (Wildman–Crippen LogP) is 0.227. The van der Waals surface area contributed by atoms with Crippen LogP contribution in [0.25, 0.3) is 0 Å². The number of nitrogens with zero attached hydrogens (tertiary/aromatic N) is 2. The highest BCUT2D eigenvalue weighted by Crippen LogP contribution is 2.22. The molecule has 1 fully saturated rings. The molecule has 4 nitrogen and oxygen atoms in total. The third-order valence-electron chi connectivity index (χ3n) is 2.26.